The molecule has 2 aliphatic heterocycles. The van der Waals surface area contributed by atoms with E-state index in [9.17, 15) is 18.0 Å². The summed E-state index contributed by atoms with van der Waals surface area (Å²) in [5, 5.41) is 3.73. The van der Waals surface area contributed by atoms with Gasteiger partial charge < -0.3 is 14.8 Å². The number of fused-ring (bicyclic) bond motifs is 2. The summed E-state index contributed by atoms with van der Waals surface area (Å²) in [5.41, 5.74) is 2.40. The molecule has 3 aromatic carbocycles. The standard InChI is InChI=1S/C28H21F3N2O3/c29-16-10-20(26(31)22(30)11-16)17-5-3-6-19-25(15-13-35-14-15)21(12-32-27(17)19)28(34)33-23-8-9-36-24-7-2-1-4-18(23)24/h1-7,10-12,15,23H,8-9,13-14H2,(H,33,34). The molecule has 182 valence electrons. The maximum absolute atomic E-state index is 14.7. The molecule has 0 spiro atoms. The average molecular weight is 490 g/mol. The summed E-state index contributed by atoms with van der Waals surface area (Å²) in [6, 6.07) is 13.8. The normalized spacial score (nSPS) is 17.2. The van der Waals surface area contributed by atoms with E-state index in [1.54, 1.807) is 18.2 Å². The molecule has 0 saturated carbocycles. The van der Waals surface area contributed by atoms with Crippen LogP contribution in [0.25, 0.3) is 22.0 Å². The number of rotatable bonds is 4. The number of pyridine rings is 1. The van der Waals surface area contributed by atoms with Gasteiger partial charge in [0, 0.05) is 46.7 Å². The van der Waals surface area contributed by atoms with Gasteiger partial charge in [-0.15, -0.1) is 0 Å². The largest absolute Gasteiger partial charge is 0.493 e. The summed E-state index contributed by atoms with van der Waals surface area (Å²) in [6.07, 6.45) is 2.08. The van der Waals surface area contributed by atoms with Gasteiger partial charge in [0.1, 0.15) is 11.6 Å². The van der Waals surface area contributed by atoms with E-state index in [1.165, 1.54) is 6.20 Å². The number of aromatic nitrogens is 1. The van der Waals surface area contributed by atoms with Crippen molar-refractivity contribution < 1.29 is 27.4 Å². The fourth-order valence-corrected chi connectivity index (χ4v) is 4.96. The molecule has 2 aliphatic rings. The van der Waals surface area contributed by atoms with Crippen LogP contribution in [0, 0.1) is 17.5 Å². The van der Waals surface area contributed by atoms with E-state index in [-0.39, 0.29) is 29.0 Å². The Bertz CT molecular complexity index is 1500. The maximum Gasteiger partial charge on any atom is 0.253 e. The highest BCUT2D eigenvalue weighted by Gasteiger charge is 2.31. The number of ether oxygens (including phenoxy) is 2. The van der Waals surface area contributed by atoms with Crippen molar-refractivity contribution >= 4 is 16.8 Å². The van der Waals surface area contributed by atoms with Crippen LogP contribution in [0.4, 0.5) is 13.2 Å². The molecular formula is C28H21F3N2O3. The van der Waals surface area contributed by atoms with Crippen molar-refractivity contribution in [3.63, 3.8) is 0 Å². The predicted octanol–water partition coefficient (Wildman–Crippen LogP) is 5.69. The lowest BCUT2D eigenvalue weighted by atomic mass is 9.88. The Balaban J connectivity index is 1.45. The second-order valence-corrected chi connectivity index (χ2v) is 8.97. The molecule has 5 nitrogen and oxygen atoms in total. The summed E-state index contributed by atoms with van der Waals surface area (Å²) < 4.78 is 53.7. The van der Waals surface area contributed by atoms with Gasteiger partial charge in [-0.25, -0.2) is 13.2 Å². The SMILES string of the molecule is O=C(NC1CCOc2ccccc21)c1cnc2c(-c3cc(F)cc(F)c3F)cccc2c1C1COC1. The molecule has 0 radical (unpaired) electrons. The van der Waals surface area contributed by atoms with Gasteiger partial charge in [0.05, 0.1) is 36.9 Å². The number of nitrogens with zero attached hydrogens (tertiary/aromatic N) is 1. The second kappa shape index (κ2) is 8.95. The third-order valence-corrected chi connectivity index (χ3v) is 6.78. The Morgan fingerprint density at radius 2 is 1.83 bits per heavy atom. The third-order valence-electron chi connectivity index (χ3n) is 6.78. The van der Waals surface area contributed by atoms with Gasteiger partial charge in [0.25, 0.3) is 5.91 Å². The topological polar surface area (TPSA) is 60.5 Å². The molecule has 0 aliphatic carbocycles. The van der Waals surface area contributed by atoms with Crippen LogP contribution < -0.4 is 10.1 Å². The van der Waals surface area contributed by atoms with Gasteiger partial charge in [-0.2, -0.15) is 0 Å². The van der Waals surface area contributed by atoms with Gasteiger partial charge in [0.15, 0.2) is 11.6 Å². The van der Waals surface area contributed by atoms with Gasteiger partial charge in [-0.05, 0) is 17.7 Å². The van der Waals surface area contributed by atoms with Crippen LogP contribution >= 0.6 is 0 Å². The average Bonchev–Trinajstić information content (AvgIpc) is 2.85. The molecule has 6 rings (SSSR count). The second-order valence-electron chi connectivity index (χ2n) is 8.97. The number of nitrogens with one attached hydrogen (secondary N) is 1. The fourth-order valence-electron chi connectivity index (χ4n) is 4.96. The van der Waals surface area contributed by atoms with Crippen LogP contribution in [-0.4, -0.2) is 30.7 Å². The molecule has 1 atom stereocenters. The molecule has 1 fully saturated rings. The van der Waals surface area contributed by atoms with E-state index >= 15 is 0 Å². The summed E-state index contributed by atoms with van der Waals surface area (Å²) in [5.74, 6) is -2.93. The van der Waals surface area contributed by atoms with Crippen molar-refractivity contribution in [1.29, 1.82) is 0 Å². The highest BCUT2D eigenvalue weighted by atomic mass is 19.2. The van der Waals surface area contributed by atoms with Crippen LogP contribution in [0.1, 0.15) is 39.9 Å². The Morgan fingerprint density at radius 3 is 2.64 bits per heavy atom. The molecule has 0 bridgehead atoms. The van der Waals surface area contributed by atoms with E-state index in [2.05, 4.69) is 10.3 Å². The van der Waals surface area contributed by atoms with Crippen LogP contribution in [0.15, 0.2) is 60.8 Å². The predicted molar refractivity (Wildman–Crippen MR) is 127 cm³/mol. The van der Waals surface area contributed by atoms with Crippen LogP contribution in [0.3, 0.4) is 0 Å². The first-order chi connectivity index (χ1) is 17.5. The molecule has 8 heteroatoms. The van der Waals surface area contributed by atoms with Crippen molar-refractivity contribution in [2.75, 3.05) is 19.8 Å². The summed E-state index contributed by atoms with van der Waals surface area (Å²) in [6.45, 7) is 1.33. The molecule has 1 saturated heterocycles. The molecular weight excluding hydrogens is 469 g/mol. The molecule has 4 aromatic rings. The molecule has 1 N–H and O–H groups in total. The zero-order valence-electron chi connectivity index (χ0n) is 19.1. The molecule has 1 aromatic heterocycles. The third kappa shape index (κ3) is 3.78. The minimum absolute atomic E-state index is 0.0671. The van der Waals surface area contributed by atoms with Crippen LogP contribution in [0.2, 0.25) is 0 Å². The minimum atomic E-state index is -1.28. The van der Waals surface area contributed by atoms with Crippen LogP contribution in [0.5, 0.6) is 5.75 Å². The van der Waals surface area contributed by atoms with Crippen molar-refractivity contribution in [3.05, 3.63) is 94.9 Å². The molecule has 1 amide bonds. The summed E-state index contributed by atoms with van der Waals surface area (Å²) >= 11 is 0. The fraction of sp³-hybridized carbons (Fsp3) is 0.214. The number of amides is 1. The van der Waals surface area contributed by atoms with E-state index in [4.69, 9.17) is 9.47 Å². The number of halogens is 3. The Hall–Kier alpha value is -3.91. The highest BCUT2D eigenvalue weighted by Crippen LogP contribution is 2.38. The molecule has 1 unspecified atom stereocenters. The summed E-state index contributed by atoms with van der Waals surface area (Å²) in [7, 11) is 0. The van der Waals surface area contributed by atoms with Crippen molar-refractivity contribution in [2.24, 2.45) is 0 Å². The minimum Gasteiger partial charge on any atom is -0.493 e. The highest BCUT2D eigenvalue weighted by molar-refractivity contribution is 6.04. The van der Waals surface area contributed by atoms with Gasteiger partial charge in [0.2, 0.25) is 0 Å². The molecule has 36 heavy (non-hydrogen) atoms. The Kier molecular flexibility index (Phi) is 5.60. The summed E-state index contributed by atoms with van der Waals surface area (Å²) in [4.78, 5) is 18.0. The quantitative estimate of drug-likeness (QED) is 0.374. The van der Waals surface area contributed by atoms with Crippen molar-refractivity contribution in [3.8, 4) is 16.9 Å². The van der Waals surface area contributed by atoms with Crippen molar-refractivity contribution in [1.82, 2.24) is 10.3 Å². The number of carbonyl (C=O) groups excluding carboxylic acids is 1. The Labute approximate surface area is 204 Å². The van der Waals surface area contributed by atoms with Crippen LogP contribution in [-0.2, 0) is 4.74 Å². The number of benzene rings is 3. The first-order valence-electron chi connectivity index (χ1n) is 11.7. The number of hydrogen-bond acceptors (Lipinski definition) is 4. The number of para-hydroxylation sites is 2. The Morgan fingerprint density at radius 1 is 1.00 bits per heavy atom. The lowest BCUT2D eigenvalue weighted by Crippen LogP contribution is -2.34. The van der Waals surface area contributed by atoms with E-state index in [0.717, 1.165) is 22.9 Å². The molecule has 3 heterocycles. The van der Waals surface area contributed by atoms with Crippen molar-refractivity contribution in [2.45, 2.75) is 18.4 Å². The first kappa shape index (κ1) is 22.5. The number of carbonyl (C=O) groups is 1. The maximum atomic E-state index is 14.7. The zero-order chi connectivity index (χ0) is 24.8. The van der Waals surface area contributed by atoms with Gasteiger partial charge in [-0.1, -0.05) is 36.4 Å². The van der Waals surface area contributed by atoms with Gasteiger partial charge in [-0.3, -0.25) is 9.78 Å². The zero-order valence-corrected chi connectivity index (χ0v) is 19.1. The first-order valence-corrected chi connectivity index (χ1v) is 11.7. The smallest absolute Gasteiger partial charge is 0.253 e. The number of hydrogen-bond donors (Lipinski definition) is 1. The lowest BCUT2D eigenvalue weighted by molar-refractivity contribution is 0.00867. The lowest BCUT2D eigenvalue weighted by Gasteiger charge is -2.30. The van der Waals surface area contributed by atoms with E-state index in [1.807, 2.05) is 24.3 Å². The monoisotopic (exact) mass is 490 g/mol. The van der Waals surface area contributed by atoms with E-state index in [0.29, 0.717) is 48.8 Å². The van der Waals surface area contributed by atoms with Gasteiger partial charge >= 0.3 is 0 Å². The van der Waals surface area contributed by atoms with E-state index < -0.39 is 17.5 Å².